The molecule has 0 amide bonds. The lowest BCUT2D eigenvalue weighted by atomic mass is 10.2. The number of aromatic nitrogens is 1. The molecule has 1 aromatic heterocycles. The van der Waals surface area contributed by atoms with Crippen molar-refractivity contribution in [3.8, 4) is 0 Å². The Balaban J connectivity index is 2.67. The summed E-state index contributed by atoms with van der Waals surface area (Å²) in [5.74, 6) is -0.564. The Morgan fingerprint density at radius 1 is 1.67 bits per heavy atom. The third-order valence-corrected chi connectivity index (χ3v) is 3.21. The molecule has 1 N–H and O–H groups in total. The molecule has 0 radical (unpaired) electrons. The molecule has 0 aliphatic heterocycles. The number of methoxy groups -OCH3 is 1. The van der Waals surface area contributed by atoms with Crippen LogP contribution in [0.25, 0.3) is 0 Å². The third-order valence-electron chi connectivity index (χ3n) is 2.02. The first-order valence-corrected chi connectivity index (χ1v) is 5.62. The number of carboxylic acid groups (broad SMARTS) is 1. The minimum absolute atomic E-state index is 0.328. The van der Waals surface area contributed by atoms with E-state index in [4.69, 9.17) is 9.84 Å². The summed E-state index contributed by atoms with van der Waals surface area (Å²) in [5.41, 5.74) is 0.790. The van der Waals surface area contributed by atoms with E-state index in [1.807, 2.05) is 5.38 Å². The number of nitrogens with zero attached hydrogens (tertiary/aromatic N) is 1. The van der Waals surface area contributed by atoms with E-state index in [1.165, 1.54) is 7.11 Å². The molecule has 0 saturated heterocycles. The highest BCUT2D eigenvalue weighted by Gasteiger charge is 2.18. The lowest BCUT2D eigenvalue weighted by Crippen LogP contribution is -2.24. The molecule has 84 valence electrons. The van der Waals surface area contributed by atoms with Gasteiger partial charge in [-0.3, -0.25) is 0 Å². The molecule has 4 nitrogen and oxygen atoms in total. The van der Waals surface area contributed by atoms with E-state index in [0.29, 0.717) is 12.3 Å². The van der Waals surface area contributed by atoms with Crippen LogP contribution in [-0.4, -0.2) is 29.3 Å². The number of carbonyl (C=O) groups is 1. The van der Waals surface area contributed by atoms with Crippen molar-refractivity contribution in [1.82, 2.24) is 4.98 Å². The van der Waals surface area contributed by atoms with Crippen LogP contribution in [0.2, 0.25) is 0 Å². The Labute approximate surface area is 92.9 Å². The van der Waals surface area contributed by atoms with Crippen molar-refractivity contribution in [2.24, 2.45) is 0 Å². The van der Waals surface area contributed by atoms with Gasteiger partial charge in [-0.1, -0.05) is 13.8 Å². The zero-order valence-electron chi connectivity index (χ0n) is 9.06. The molecular weight excluding hydrogens is 214 g/mol. The van der Waals surface area contributed by atoms with E-state index >= 15 is 0 Å². The standard InChI is InChI=1S/C10H15NO3S/c1-6(2)9-11-7(5-15-9)4-8(14-3)10(12)13/h5-6,8H,4H2,1-3H3,(H,12,13). The smallest absolute Gasteiger partial charge is 0.333 e. The summed E-state index contributed by atoms with van der Waals surface area (Å²) in [6.07, 6.45) is -0.471. The van der Waals surface area contributed by atoms with Crippen LogP contribution in [0.3, 0.4) is 0 Å². The van der Waals surface area contributed by atoms with Gasteiger partial charge in [-0.15, -0.1) is 11.3 Å². The average Bonchev–Trinajstić information content (AvgIpc) is 2.61. The Morgan fingerprint density at radius 2 is 2.33 bits per heavy atom. The zero-order chi connectivity index (χ0) is 11.4. The predicted octanol–water partition coefficient (Wildman–Crippen LogP) is 1.91. The number of rotatable bonds is 5. The maximum atomic E-state index is 10.7. The molecule has 1 unspecified atom stereocenters. The van der Waals surface area contributed by atoms with Gasteiger partial charge in [0.1, 0.15) is 0 Å². The van der Waals surface area contributed by atoms with Crippen LogP contribution in [0.4, 0.5) is 0 Å². The van der Waals surface area contributed by atoms with E-state index in [2.05, 4.69) is 18.8 Å². The van der Waals surface area contributed by atoms with Crippen LogP contribution < -0.4 is 0 Å². The van der Waals surface area contributed by atoms with Crippen LogP contribution in [0.5, 0.6) is 0 Å². The van der Waals surface area contributed by atoms with Gasteiger partial charge in [0, 0.05) is 24.8 Å². The summed E-state index contributed by atoms with van der Waals surface area (Å²) in [6, 6.07) is 0. The van der Waals surface area contributed by atoms with Crippen LogP contribution in [0.15, 0.2) is 5.38 Å². The highest BCUT2D eigenvalue weighted by molar-refractivity contribution is 7.09. The SMILES string of the molecule is COC(Cc1csc(C(C)C)n1)C(=O)O. The molecule has 1 aromatic rings. The average molecular weight is 229 g/mol. The number of aliphatic carboxylic acids is 1. The molecule has 0 aromatic carbocycles. The zero-order valence-corrected chi connectivity index (χ0v) is 9.87. The van der Waals surface area contributed by atoms with Gasteiger partial charge in [0.25, 0.3) is 0 Å². The van der Waals surface area contributed by atoms with Gasteiger partial charge in [0.15, 0.2) is 6.10 Å². The fourth-order valence-electron chi connectivity index (χ4n) is 1.14. The van der Waals surface area contributed by atoms with Crippen molar-refractivity contribution in [3.05, 3.63) is 16.1 Å². The Hall–Kier alpha value is -0.940. The predicted molar refractivity (Wildman–Crippen MR) is 58.3 cm³/mol. The number of carboxylic acids is 1. The summed E-state index contributed by atoms with van der Waals surface area (Å²) in [6.45, 7) is 4.13. The molecule has 0 fully saturated rings. The largest absolute Gasteiger partial charge is 0.479 e. The van der Waals surface area contributed by atoms with E-state index in [0.717, 1.165) is 10.7 Å². The summed E-state index contributed by atoms with van der Waals surface area (Å²) >= 11 is 1.56. The molecule has 1 heterocycles. The highest BCUT2D eigenvalue weighted by atomic mass is 32.1. The lowest BCUT2D eigenvalue weighted by Gasteiger charge is -2.07. The minimum Gasteiger partial charge on any atom is -0.479 e. The van der Waals surface area contributed by atoms with E-state index in [9.17, 15) is 4.79 Å². The fraction of sp³-hybridized carbons (Fsp3) is 0.600. The quantitative estimate of drug-likeness (QED) is 0.837. The monoisotopic (exact) mass is 229 g/mol. The van der Waals surface area contributed by atoms with Crippen LogP contribution >= 0.6 is 11.3 Å². The second-order valence-corrected chi connectivity index (χ2v) is 4.49. The molecule has 1 rings (SSSR count). The van der Waals surface area contributed by atoms with Crippen LogP contribution in [0.1, 0.15) is 30.5 Å². The minimum atomic E-state index is -0.948. The molecule has 5 heteroatoms. The fourth-order valence-corrected chi connectivity index (χ4v) is 1.99. The molecule has 0 saturated carbocycles. The van der Waals surface area contributed by atoms with Gasteiger partial charge in [0.2, 0.25) is 0 Å². The molecular formula is C10H15NO3S. The van der Waals surface area contributed by atoms with Crippen molar-refractivity contribution >= 4 is 17.3 Å². The lowest BCUT2D eigenvalue weighted by molar-refractivity contribution is -0.148. The number of thiazole rings is 1. The molecule has 0 aliphatic carbocycles. The first-order valence-electron chi connectivity index (χ1n) is 4.74. The number of hydrogen-bond acceptors (Lipinski definition) is 4. The van der Waals surface area contributed by atoms with Gasteiger partial charge < -0.3 is 9.84 Å². The first kappa shape index (κ1) is 12.1. The summed E-state index contributed by atoms with van der Waals surface area (Å²) < 4.78 is 4.85. The Morgan fingerprint density at radius 3 is 2.73 bits per heavy atom. The maximum absolute atomic E-state index is 10.7. The van der Waals surface area contributed by atoms with Crippen LogP contribution in [0, 0.1) is 0 Å². The van der Waals surface area contributed by atoms with Gasteiger partial charge in [-0.25, -0.2) is 9.78 Å². The summed E-state index contributed by atoms with van der Waals surface area (Å²) in [4.78, 5) is 15.1. The van der Waals surface area contributed by atoms with Gasteiger partial charge >= 0.3 is 5.97 Å². The van der Waals surface area contributed by atoms with Gasteiger partial charge in [0.05, 0.1) is 10.7 Å². The number of ether oxygens (including phenoxy) is 1. The van der Waals surface area contributed by atoms with Gasteiger partial charge in [-0.05, 0) is 0 Å². The molecule has 0 bridgehead atoms. The van der Waals surface area contributed by atoms with E-state index < -0.39 is 12.1 Å². The Kier molecular flexibility index (Phi) is 4.23. The van der Waals surface area contributed by atoms with Crippen molar-refractivity contribution < 1.29 is 14.6 Å². The number of hydrogen-bond donors (Lipinski definition) is 1. The Bertz CT molecular complexity index is 335. The molecule has 0 aliphatic rings. The van der Waals surface area contributed by atoms with E-state index in [-0.39, 0.29) is 0 Å². The summed E-state index contributed by atoms with van der Waals surface area (Å²) in [5, 5.41) is 11.7. The van der Waals surface area contributed by atoms with Crippen molar-refractivity contribution in [3.63, 3.8) is 0 Å². The van der Waals surface area contributed by atoms with Crippen molar-refractivity contribution in [2.45, 2.75) is 32.3 Å². The second-order valence-electron chi connectivity index (χ2n) is 3.60. The molecule has 15 heavy (non-hydrogen) atoms. The van der Waals surface area contributed by atoms with Crippen molar-refractivity contribution in [1.29, 1.82) is 0 Å². The first-order chi connectivity index (χ1) is 7.04. The normalized spacial score (nSPS) is 13.1. The van der Waals surface area contributed by atoms with Gasteiger partial charge in [-0.2, -0.15) is 0 Å². The maximum Gasteiger partial charge on any atom is 0.333 e. The van der Waals surface area contributed by atoms with Crippen LogP contribution in [-0.2, 0) is 16.0 Å². The third kappa shape index (κ3) is 3.28. The summed E-state index contributed by atoms with van der Waals surface area (Å²) in [7, 11) is 1.40. The van der Waals surface area contributed by atoms with E-state index in [1.54, 1.807) is 11.3 Å². The topological polar surface area (TPSA) is 59.4 Å². The molecule has 1 atom stereocenters. The molecule has 0 spiro atoms. The second kappa shape index (κ2) is 5.23. The highest BCUT2D eigenvalue weighted by Crippen LogP contribution is 2.20. The van der Waals surface area contributed by atoms with Crippen molar-refractivity contribution in [2.75, 3.05) is 7.11 Å².